The number of rotatable bonds is 4. The van der Waals surface area contributed by atoms with Gasteiger partial charge in [-0.25, -0.2) is 0 Å². The van der Waals surface area contributed by atoms with Crippen LogP contribution in [0.2, 0.25) is 5.02 Å². The Morgan fingerprint density at radius 2 is 2.00 bits per heavy atom. The molecule has 3 nitrogen and oxygen atoms in total. The summed E-state index contributed by atoms with van der Waals surface area (Å²) in [4.78, 5) is 12.7. The predicted molar refractivity (Wildman–Crippen MR) is 83.3 cm³/mol. The van der Waals surface area contributed by atoms with Crippen LogP contribution >= 0.6 is 11.6 Å². The highest BCUT2D eigenvalue weighted by Crippen LogP contribution is 2.49. The van der Waals surface area contributed by atoms with Gasteiger partial charge in [-0.2, -0.15) is 0 Å². The van der Waals surface area contributed by atoms with Crippen molar-refractivity contribution in [2.75, 3.05) is 6.61 Å². The minimum absolute atomic E-state index is 0.150. The van der Waals surface area contributed by atoms with Crippen LogP contribution in [0.4, 0.5) is 0 Å². The van der Waals surface area contributed by atoms with Gasteiger partial charge in [-0.1, -0.05) is 23.7 Å². The molecular formula is C17H22ClNO2. The van der Waals surface area contributed by atoms with Gasteiger partial charge in [0, 0.05) is 17.7 Å². The normalized spacial score (nSPS) is 27.1. The number of benzene rings is 1. The Morgan fingerprint density at radius 1 is 1.29 bits per heavy atom. The zero-order valence-electron chi connectivity index (χ0n) is 12.1. The van der Waals surface area contributed by atoms with E-state index in [4.69, 9.17) is 11.6 Å². The van der Waals surface area contributed by atoms with Crippen LogP contribution < -0.4 is 5.32 Å². The predicted octanol–water partition coefficient (Wildman–Crippen LogP) is 3.04. The minimum atomic E-state index is -0.348. The number of nitrogens with one attached hydrogen (secondary N) is 1. The van der Waals surface area contributed by atoms with E-state index in [1.54, 1.807) is 0 Å². The van der Waals surface area contributed by atoms with Crippen molar-refractivity contribution in [3.05, 3.63) is 34.9 Å². The van der Waals surface area contributed by atoms with Crippen molar-refractivity contribution >= 4 is 17.5 Å². The summed E-state index contributed by atoms with van der Waals surface area (Å²) in [6.45, 7) is 0.271. The Hall–Kier alpha value is -1.06. The third-order valence-corrected chi connectivity index (χ3v) is 5.24. The number of amides is 1. The molecule has 0 spiro atoms. The lowest BCUT2D eigenvalue weighted by Crippen LogP contribution is -2.43. The van der Waals surface area contributed by atoms with Crippen molar-refractivity contribution in [1.29, 1.82) is 0 Å². The van der Waals surface area contributed by atoms with Crippen LogP contribution in [0.15, 0.2) is 24.3 Å². The molecule has 1 aromatic rings. The summed E-state index contributed by atoms with van der Waals surface area (Å²) in [7, 11) is 0. The molecule has 0 aliphatic heterocycles. The van der Waals surface area contributed by atoms with Crippen molar-refractivity contribution in [2.24, 2.45) is 5.92 Å². The number of aliphatic hydroxyl groups is 1. The number of hydrogen-bond acceptors (Lipinski definition) is 2. The van der Waals surface area contributed by atoms with Crippen LogP contribution in [0.1, 0.15) is 44.1 Å². The van der Waals surface area contributed by atoms with Gasteiger partial charge in [0.25, 0.3) is 0 Å². The molecule has 0 radical (unpaired) electrons. The van der Waals surface area contributed by atoms with E-state index >= 15 is 0 Å². The van der Waals surface area contributed by atoms with E-state index in [1.165, 1.54) is 0 Å². The molecule has 0 aromatic heterocycles. The van der Waals surface area contributed by atoms with E-state index in [2.05, 4.69) is 5.32 Å². The molecule has 0 bridgehead atoms. The summed E-state index contributed by atoms with van der Waals surface area (Å²) in [5.74, 6) is 0.568. The summed E-state index contributed by atoms with van der Waals surface area (Å²) in [5, 5.41) is 13.1. The maximum absolute atomic E-state index is 12.7. The molecule has 0 unspecified atom stereocenters. The number of hydrogen-bond donors (Lipinski definition) is 2. The second-order valence-corrected chi connectivity index (χ2v) is 6.90. The highest BCUT2D eigenvalue weighted by Gasteiger charge is 2.51. The monoisotopic (exact) mass is 307 g/mol. The molecule has 3 rings (SSSR count). The smallest absolute Gasteiger partial charge is 0.230 e. The summed E-state index contributed by atoms with van der Waals surface area (Å²) < 4.78 is 0. The second kappa shape index (κ2) is 5.98. The molecule has 2 aliphatic carbocycles. The van der Waals surface area contributed by atoms with Gasteiger partial charge in [-0.15, -0.1) is 0 Å². The first-order valence-electron chi connectivity index (χ1n) is 7.82. The van der Waals surface area contributed by atoms with Crippen molar-refractivity contribution in [3.63, 3.8) is 0 Å². The Bertz CT molecular complexity index is 519. The SMILES string of the molecule is O=C(NC1CCC(CO)CC1)C1(c2cccc(Cl)c2)CC1. The highest BCUT2D eigenvalue weighted by atomic mass is 35.5. The van der Waals surface area contributed by atoms with E-state index in [0.717, 1.165) is 44.1 Å². The number of carbonyl (C=O) groups is 1. The Balaban J connectivity index is 1.63. The molecule has 21 heavy (non-hydrogen) atoms. The lowest BCUT2D eigenvalue weighted by atomic mass is 9.86. The third kappa shape index (κ3) is 3.09. The zero-order chi connectivity index (χ0) is 14.9. The van der Waals surface area contributed by atoms with Gasteiger partial charge in [-0.05, 0) is 62.1 Å². The van der Waals surface area contributed by atoms with E-state index in [1.807, 2.05) is 24.3 Å². The van der Waals surface area contributed by atoms with Crippen LogP contribution in [0.5, 0.6) is 0 Å². The van der Waals surface area contributed by atoms with Crippen LogP contribution in [-0.2, 0) is 10.2 Å². The molecule has 0 heterocycles. The average Bonchev–Trinajstić information content (AvgIpc) is 3.30. The molecule has 0 saturated heterocycles. The summed E-state index contributed by atoms with van der Waals surface area (Å²) in [5.41, 5.74) is 0.690. The van der Waals surface area contributed by atoms with Gasteiger partial charge >= 0.3 is 0 Å². The first-order chi connectivity index (χ1) is 10.1. The fraction of sp³-hybridized carbons (Fsp3) is 0.588. The van der Waals surface area contributed by atoms with Gasteiger partial charge in [0.15, 0.2) is 0 Å². The van der Waals surface area contributed by atoms with Crippen molar-refractivity contribution in [3.8, 4) is 0 Å². The molecule has 4 heteroatoms. The Labute approximate surface area is 130 Å². The summed E-state index contributed by atoms with van der Waals surface area (Å²) >= 11 is 6.05. The van der Waals surface area contributed by atoms with Crippen LogP contribution in [-0.4, -0.2) is 23.7 Å². The van der Waals surface area contributed by atoms with Crippen molar-refractivity contribution in [2.45, 2.75) is 50.0 Å². The van der Waals surface area contributed by atoms with Crippen LogP contribution in [0, 0.1) is 5.92 Å². The van der Waals surface area contributed by atoms with Crippen LogP contribution in [0.3, 0.4) is 0 Å². The molecule has 2 saturated carbocycles. The van der Waals surface area contributed by atoms with E-state index in [0.29, 0.717) is 10.9 Å². The standard InChI is InChI=1S/C17H22ClNO2/c18-14-3-1-2-13(10-14)17(8-9-17)16(21)19-15-6-4-12(11-20)5-7-15/h1-3,10,12,15,20H,4-9,11H2,(H,19,21). The zero-order valence-corrected chi connectivity index (χ0v) is 12.9. The number of halogens is 1. The summed E-state index contributed by atoms with van der Waals surface area (Å²) in [6, 6.07) is 7.93. The topological polar surface area (TPSA) is 49.3 Å². The van der Waals surface area contributed by atoms with Gasteiger partial charge in [-0.3, -0.25) is 4.79 Å². The van der Waals surface area contributed by atoms with E-state index in [9.17, 15) is 9.90 Å². The summed E-state index contributed by atoms with van der Waals surface area (Å²) in [6.07, 6.45) is 5.78. The molecule has 114 valence electrons. The van der Waals surface area contributed by atoms with Crippen molar-refractivity contribution < 1.29 is 9.90 Å². The fourth-order valence-corrected chi connectivity index (χ4v) is 3.56. The van der Waals surface area contributed by atoms with E-state index in [-0.39, 0.29) is 24.0 Å². The first-order valence-corrected chi connectivity index (χ1v) is 8.20. The Morgan fingerprint density at radius 3 is 2.57 bits per heavy atom. The molecule has 0 atom stereocenters. The van der Waals surface area contributed by atoms with Crippen molar-refractivity contribution in [1.82, 2.24) is 5.32 Å². The lowest BCUT2D eigenvalue weighted by Gasteiger charge is -2.29. The molecule has 2 fully saturated rings. The van der Waals surface area contributed by atoms with Crippen LogP contribution in [0.25, 0.3) is 0 Å². The van der Waals surface area contributed by atoms with Gasteiger partial charge in [0.2, 0.25) is 5.91 Å². The average molecular weight is 308 g/mol. The highest BCUT2D eigenvalue weighted by molar-refractivity contribution is 6.30. The maximum atomic E-state index is 12.7. The first kappa shape index (κ1) is 14.9. The number of carbonyl (C=O) groups excluding carboxylic acids is 1. The molecule has 2 N–H and O–H groups in total. The lowest BCUT2D eigenvalue weighted by molar-refractivity contribution is -0.124. The number of aliphatic hydroxyl groups excluding tert-OH is 1. The molecule has 1 amide bonds. The molecular weight excluding hydrogens is 286 g/mol. The van der Waals surface area contributed by atoms with Gasteiger partial charge in [0.05, 0.1) is 5.41 Å². The quantitative estimate of drug-likeness (QED) is 0.898. The fourth-order valence-electron chi connectivity index (χ4n) is 3.37. The molecule has 2 aliphatic rings. The largest absolute Gasteiger partial charge is 0.396 e. The molecule has 1 aromatic carbocycles. The Kier molecular flexibility index (Phi) is 4.23. The minimum Gasteiger partial charge on any atom is -0.396 e. The second-order valence-electron chi connectivity index (χ2n) is 6.47. The third-order valence-electron chi connectivity index (χ3n) is 5.00. The van der Waals surface area contributed by atoms with E-state index < -0.39 is 0 Å². The van der Waals surface area contributed by atoms with Gasteiger partial charge in [0.1, 0.15) is 0 Å². The maximum Gasteiger partial charge on any atom is 0.230 e. The van der Waals surface area contributed by atoms with Gasteiger partial charge < -0.3 is 10.4 Å².